The maximum atomic E-state index is 12.4. The normalized spacial score (nSPS) is 10.6. The van der Waals surface area contributed by atoms with Gasteiger partial charge in [-0.25, -0.2) is 0 Å². The molecule has 0 aliphatic rings. The first-order valence-corrected chi connectivity index (χ1v) is 7.99. The van der Waals surface area contributed by atoms with Crippen LogP contribution in [0.5, 0.6) is 0 Å². The molecule has 1 heterocycles. The lowest BCUT2D eigenvalue weighted by Gasteiger charge is -2.10. The number of benzene rings is 2. The van der Waals surface area contributed by atoms with Crippen LogP contribution in [0.25, 0.3) is 10.9 Å². The van der Waals surface area contributed by atoms with Gasteiger partial charge in [-0.05, 0) is 31.2 Å². The van der Waals surface area contributed by atoms with Crippen LogP contribution in [0.1, 0.15) is 11.3 Å². The largest absolute Gasteiger partial charge is 0.334 e. The molecule has 120 valence electrons. The molecule has 2 aromatic carbocycles. The third-order valence-electron chi connectivity index (χ3n) is 3.85. The fourth-order valence-corrected chi connectivity index (χ4v) is 2.99. The van der Waals surface area contributed by atoms with Crippen LogP contribution >= 0.6 is 23.2 Å². The first kappa shape index (κ1) is 16.4. The Hall–Kier alpha value is -2.48. The van der Waals surface area contributed by atoms with E-state index in [0.717, 1.165) is 16.6 Å². The second-order valence-electron chi connectivity index (χ2n) is 5.35. The predicted octanol–water partition coefficient (Wildman–Crippen LogP) is 4.77. The van der Waals surface area contributed by atoms with Gasteiger partial charge in [0.25, 0.3) is 0 Å². The lowest BCUT2D eigenvalue weighted by Crippen LogP contribution is -2.19. The fraction of sp³-hybridized carbons (Fsp3) is 0.111. The zero-order valence-corrected chi connectivity index (χ0v) is 14.3. The van der Waals surface area contributed by atoms with Gasteiger partial charge < -0.3 is 9.88 Å². The molecule has 0 spiro atoms. The van der Waals surface area contributed by atoms with E-state index >= 15 is 0 Å². The number of amides is 1. The number of rotatable bonds is 3. The van der Waals surface area contributed by atoms with Gasteiger partial charge in [0.15, 0.2) is 0 Å². The monoisotopic (exact) mass is 357 g/mol. The first-order valence-electron chi connectivity index (χ1n) is 7.24. The fourth-order valence-electron chi connectivity index (χ4n) is 2.69. The number of nitrogens with one attached hydrogen (secondary N) is 1. The van der Waals surface area contributed by atoms with Crippen molar-refractivity contribution in [3.63, 3.8) is 0 Å². The molecule has 6 heteroatoms. The summed E-state index contributed by atoms with van der Waals surface area (Å²) in [6, 6.07) is 14.7. The Morgan fingerprint density at radius 3 is 2.67 bits per heavy atom. The average molecular weight is 358 g/mol. The Balaban J connectivity index is 1.90. The Kier molecular flexibility index (Phi) is 4.48. The van der Waals surface area contributed by atoms with Crippen LogP contribution in [-0.2, 0) is 11.3 Å². The smallest absolute Gasteiger partial charge is 0.244 e. The van der Waals surface area contributed by atoms with E-state index in [9.17, 15) is 10.1 Å². The number of nitrogens with zero attached hydrogens (tertiary/aromatic N) is 2. The molecule has 24 heavy (non-hydrogen) atoms. The molecule has 1 amide bonds. The van der Waals surface area contributed by atoms with Crippen molar-refractivity contribution < 1.29 is 4.79 Å². The first-order chi connectivity index (χ1) is 11.5. The van der Waals surface area contributed by atoms with Crippen LogP contribution in [0.3, 0.4) is 0 Å². The van der Waals surface area contributed by atoms with Crippen LogP contribution in [0.4, 0.5) is 5.69 Å². The molecule has 0 saturated carbocycles. The topological polar surface area (TPSA) is 57.8 Å². The van der Waals surface area contributed by atoms with Gasteiger partial charge in [-0.1, -0.05) is 41.4 Å². The van der Waals surface area contributed by atoms with E-state index < -0.39 is 0 Å². The highest BCUT2D eigenvalue weighted by Crippen LogP contribution is 2.26. The summed E-state index contributed by atoms with van der Waals surface area (Å²) in [5, 5.41) is 13.8. The minimum Gasteiger partial charge on any atom is -0.334 e. The van der Waals surface area contributed by atoms with Crippen molar-refractivity contribution in [1.29, 1.82) is 5.26 Å². The van der Waals surface area contributed by atoms with Crippen LogP contribution in [0.2, 0.25) is 10.0 Å². The lowest BCUT2D eigenvalue weighted by molar-refractivity contribution is -0.116. The number of nitriles is 1. The van der Waals surface area contributed by atoms with E-state index in [2.05, 4.69) is 11.4 Å². The van der Waals surface area contributed by atoms with Crippen LogP contribution in [0, 0.1) is 18.3 Å². The SMILES string of the molecule is Cc1c(C#N)c2ccccc2n1CC(=O)Nc1ccc(Cl)c(Cl)c1. The number of carbonyl (C=O) groups is 1. The Morgan fingerprint density at radius 2 is 1.96 bits per heavy atom. The molecule has 0 aliphatic carbocycles. The summed E-state index contributed by atoms with van der Waals surface area (Å²) in [4.78, 5) is 12.4. The third kappa shape index (κ3) is 2.96. The standard InChI is InChI=1S/C18H13Cl2N3O/c1-11-14(9-21)13-4-2-3-5-17(13)23(11)10-18(24)22-12-6-7-15(19)16(20)8-12/h2-8H,10H2,1H3,(H,22,24). The van der Waals surface area contributed by atoms with Gasteiger partial charge in [-0.15, -0.1) is 0 Å². The van der Waals surface area contributed by atoms with E-state index in [-0.39, 0.29) is 12.5 Å². The number of anilines is 1. The lowest BCUT2D eigenvalue weighted by atomic mass is 10.1. The summed E-state index contributed by atoms with van der Waals surface area (Å²) in [6.07, 6.45) is 0. The molecule has 0 unspecified atom stereocenters. The summed E-state index contributed by atoms with van der Waals surface area (Å²) in [5.74, 6) is -0.207. The van der Waals surface area contributed by atoms with Gasteiger partial charge in [0.2, 0.25) is 5.91 Å². The number of fused-ring (bicyclic) bond motifs is 1. The van der Waals surface area contributed by atoms with Crippen molar-refractivity contribution in [2.24, 2.45) is 0 Å². The predicted molar refractivity (Wildman–Crippen MR) is 96.5 cm³/mol. The van der Waals surface area contributed by atoms with Crippen molar-refractivity contribution in [2.75, 3.05) is 5.32 Å². The number of para-hydroxylation sites is 1. The summed E-state index contributed by atoms with van der Waals surface area (Å²) >= 11 is 11.8. The number of aromatic nitrogens is 1. The second kappa shape index (κ2) is 6.56. The maximum Gasteiger partial charge on any atom is 0.244 e. The van der Waals surface area contributed by atoms with Crippen molar-refractivity contribution in [2.45, 2.75) is 13.5 Å². The Morgan fingerprint density at radius 1 is 1.21 bits per heavy atom. The molecule has 3 rings (SSSR count). The summed E-state index contributed by atoms with van der Waals surface area (Å²) in [7, 11) is 0. The molecule has 4 nitrogen and oxygen atoms in total. The number of halogens is 2. The van der Waals surface area contributed by atoms with Gasteiger partial charge >= 0.3 is 0 Å². The molecule has 0 radical (unpaired) electrons. The van der Waals surface area contributed by atoms with Crippen molar-refractivity contribution in [3.8, 4) is 6.07 Å². The number of hydrogen-bond acceptors (Lipinski definition) is 2. The Labute approximate surface area is 149 Å². The second-order valence-corrected chi connectivity index (χ2v) is 6.17. The summed E-state index contributed by atoms with van der Waals surface area (Å²) in [5.41, 5.74) is 2.79. The molecule has 3 aromatic rings. The van der Waals surface area contributed by atoms with Crippen LogP contribution in [0.15, 0.2) is 42.5 Å². The van der Waals surface area contributed by atoms with Gasteiger partial charge in [-0.3, -0.25) is 4.79 Å². The number of carbonyl (C=O) groups excluding carboxylic acids is 1. The average Bonchev–Trinajstić information content (AvgIpc) is 2.83. The maximum absolute atomic E-state index is 12.4. The van der Waals surface area contributed by atoms with Gasteiger partial charge in [0.05, 0.1) is 21.1 Å². The van der Waals surface area contributed by atoms with E-state index in [1.807, 2.05) is 35.8 Å². The summed E-state index contributed by atoms with van der Waals surface area (Å²) < 4.78 is 1.83. The number of hydrogen-bond donors (Lipinski definition) is 1. The molecular weight excluding hydrogens is 345 g/mol. The van der Waals surface area contributed by atoms with Crippen LogP contribution < -0.4 is 5.32 Å². The minimum atomic E-state index is -0.207. The van der Waals surface area contributed by atoms with E-state index in [1.54, 1.807) is 18.2 Å². The highest BCUT2D eigenvalue weighted by Gasteiger charge is 2.15. The van der Waals surface area contributed by atoms with Crippen molar-refractivity contribution in [1.82, 2.24) is 4.57 Å². The zero-order chi connectivity index (χ0) is 17.3. The minimum absolute atomic E-state index is 0.105. The highest BCUT2D eigenvalue weighted by atomic mass is 35.5. The molecule has 0 atom stereocenters. The molecule has 1 N–H and O–H groups in total. The van der Waals surface area contributed by atoms with Crippen molar-refractivity contribution in [3.05, 3.63) is 63.8 Å². The van der Waals surface area contributed by atoms with E-state index in [1.165, 1.54) is 0 Å². The van der Waals surface area contributed by atoms with Gasteiger partial charge in [0.1, 0.15) is 12.6 Å². The molecule has 0 aliphatic heterocycles. The third-order valence-corrected chi connectivity index (χ3v) is 4.59. The molecule has 0 fully saturated rings. The zero-order valence-electron chi connectivity index (χ0n) is 12.8. The van der Waals surface area contributed by atoms with E-state index in [4.69, 9.17) is 23.2 Å². The molecule has 0 bridgehead atoms. The summed E-state index contributed by atoms with van der Waals surface area (Å²) in [6.45, 7) is 1.94. The van der Waals surface area contributed by atoms with Gasteiger partial charge in [-0.2, -0.15) is 5.26 Å². The molecular formula is C18H13Cl2N3O. The molecule has 1 aromatic heterocycles. The van der Waals surface area contributed by atoms with E-state index in [0.29, 0.717) is 21.3 Å². The quantitative estimate of drug-likeness (QED) is 0.733. The Bertz CT molecular complexity index is 986. The molecule has 0 saturated heterocycles. The van der Waals surface area contributed by atoms with Crippen LogP contribution in [-0.4, -0.2) is 10.5 Å². The van der Waals surface area contributed by atoms with Gasteiger partial charge in [0, 0.05) is 16.8 Å². The van der Waals surface area contributed by atoms with Crippen molar-refractivity contribution >= 4 is 45.7 Å². The highest BCUT2D eigenvalue weighted by molar-refractivity contribution is 6.42.